The summed E-state index contributed by atoms with van der Waals surface area (Å²) in [4.78, 5) is 5.52. The van der Waals surface area contributed by atoms with Crippen molar-refractivity contribution in [1.82, 2.24) is 13.9 Å². The van der Waals surface area contributed by atoms with Crippen LogP contribution in [-0.4, -0.2) is 48.5 Å². The van der Waals surface area contributed by atoms with Gasteiger partial charge in [0.25, 0.3) is 0 Å². The topological polar surface area (TPSA) is 59.6 Å². The third-order valence-corrected chi connectivity index (χ3v) is 7.45. The van der Waals surface area contributed by atoms with Gasteiger partial charge in [-0.2, -0.15) is 4.31 Å². The van der Waals surface area contributed by atoms with Crippen molar-refractivity contribution < 1.29 is 17.7 Å². The molecular weight excluding hydrogens is 379 g/mol. The van der Waals surface area contributed by atoms with Crippen molar-refractivity contribution in [3.8, 4) is 0 Å². The maximum atomic E-state index is 14.0. The fraction of sp³-hybridized carbons (Fsp3) is 0.350. The van der Waals surface area contributed by atoms with Gasteiger partial charge in [0.2, 0.25) is 10.0 Å². The number of hydrogen-bond donors (Lipinski definition) is 1. The number of nitrogens with one attached hydrogen (secondary N) is 1. The molecule has 1 fully saturated rings. The Kier molecular flexibility index (Phi) is 4.95. The number of piperazine rings is 1. The Morgan fingerprint density at radius 2 is 1.79 bits per heavy atom. The Hall–Kier alpha value is -2.29. The van der Waals surface area contributed by atoms with Gasteiger partial charge in [0.05, 0.1) is 37.2 Å². The van der Waals surface area contributed by atoms with Gasteiger partial charge in [-0.3, -0.25) is 4.57 Å². The molecule has 3 aromatic rings. The summed E-state index contributed by atoms with van der Waals surface area (Å²) in [5, 5.41) is 0. The van der Waals surface area contributed by atoms with Crippen LogP contribution in [0.4, 0.5) is 4.39 Å². The second-order valence-corrected chi connectivity index (χ2v) is 9.29. The molecule has 0 radical (unpaired) electrons. The number of hydrogen-bond acceptors (Lipinski definition) is 3. The number of benzene rings is 2. The summed E-state index contributed by atoms with van der Waals surface area (Å²) in [6.45, 7) is 6.97. The number of halogens is 1. The van der Waals surface area contributed by atoms with E-state index >= 15 is 0 Å². The minimum Gasteiger partial charge on any atom is -0.315 e. The van der Waals surface area contributed by atoms with Gasteiger partial charge in [-0.1, -0.05) is 12.1 Å². The van der Waals surface area contributed by atoms with Crippen molar-refractivity contribution in [3.63, 3.8) is 0 Å². The van der Waals surface area contributed by atoms with Crippen molar-refractivity contribution in [2.45, 2.75) is 25.4 Å². The van der Waals surface area contributed by atoms with Gasteiger partial charge < -0.3 is 4.90 Å². The zero-order valence-electron chi connectivity index (χ0n) is 16.0. The summed E-state index contributed by atoms with van der Waals surface area (Å²) < 4.78 is 42.9. The van der Waals surface area contributed by atoms with Crippen molar-refractivity contribution in [2.75, 3.05) is 26.2 Å². The summed E-state index contributed by atoms with van der Waals surface area (Å²) in [5.74, 6) is -0.701. The fourth-order valence-corrected chi connectivity index (χ4v) is 5.18. The molecule has 0 spiro atoms. The lowest BCUT2D eigenvalue weighted by Gasteiger charge is -2.31. The predicted octanol–water partition coefficient (Wildman–Crippen LogP) is 1.34. The highest BCUT2D eigenvalue weighted by molar-refractivity contribution is 7.89. The highest BCUT2D eigenvalue weighted by atomic mass is 32.2. The van der Waals surface area contributed by atoms with E-state index in [4.69, 9.17) is 0 Å². The van der Waals surface area contributed by atoms with Gasteiger partial charge >= 0.3 is 0 Å². The minimum absolute atomic E-state index is 0.245. The van der Waals surface area contributed by atoms with Crippen LogP contribution in [0.15, 0.2) is 47.6 Å². The molecule has 2 heterocycles. The first-order chi connectivity index (χ1) is 13.4. The molecule has 1 aliphatic heterocycles. The first-order valence-electron chi connectivity index (χ1n) is 9.36. The van der Waals surface area contributed by atoms with Crippen LogP contribution in [0.1, 0.15) is 11.1 Å². The van der Waals surface area contributed by atoms with E-state index in [1.807, 2.05) is 6.33 Å². The molecule has 1 aliphatic rings. The second-order valence-electron chi connectivity index (χ2n) is 7.38. The summed E-state index contributed by atoms with van der Waals surface area (Å²) in [6, 6.07) is 9.79. The van der Waals surface area contributed by atoms with E-state index in [1.54, 1.807) is 6.07 Å². The third-order valence-electron chi connectivity index (χ3n) is 5.51. The van der Waals surface area contributed by atoms with E-state index in [0.717, 1.165) is 17.7 Å². The average Bonchev–Trinajstić information content (AvgIpc) is 3.04. The molecule has 0 saturated carbocycles. The Morgan fingerprint density at radius 3 is 2.50 bits per heavy atom. The van der Waals surface area contributed by atoms with Crippen LogP contribution < -0.4 is 4.90 Å². The van der Waals surface area contributed by atoms with Crippen LogP contribution in [0.25, 0.3) is 11.0 Å². The van der Waals surface area contributed by atoms with Crippen molar-refractivity contribution in [3.05, 3.63) is 59.7 Å². The van der Waals surface area contributed by atoms with Gasteiger partial charge in [0.15, 0.2) is 6.67 Å². The summed E-state index contributed by atoms with van der Waals surface area (Å²) >= 11 is 0. The molecule has 0 amide bonds. The van der Waals surface area contributed by atoms with Gasteiger partial charge in [0.1, 0.15) is 17.0 Å². The van der Waals surface area contributed by atoms with Crippen LogP contribution in [-0.2, 0) is 16.7 Å². The molecule has 0 unspecified atom stereocenters. The first kappa shape index (κ1) is 19.0. The number of sulfonamides is 1. The van der Waals surface area contributed by atoms with Gasteiger partial charge in [-0.05, 0) is 49.2 Å². The first-order valence-corrected chi connectivity index (χ1v) is 10.8. The Morgan fingerprint density at radius 1 is 1.11 bits per heavy atom. The number of imidazole rings is 1. The molecule has 6 nitrogen and oxygen atoms in total. The lowest BCUT2D eigenvalue weighted by atomic mass is 10.1. The van der Waals surface area contributed by atoms with Crippen LogP contribution in [0, 0.1) is 19.7 Å². The van der Waals surface area contributed by atoms with Crippen LogP contribution >= 0.6 is 0 Å². The Labute approximate surface area is 164 Å². The summed E-state index contributed by atoms with van der Waals surface area (Å²) in [5.41, 5.74) is 4.52. The van der Waals surface area contributed by atoms with Gasteiger partial charge in [-0.15, -0.1) is 0 Å². The predicted molar refractivity (Wildman–Crippen MR) is 105 cm³/mol. The quantitative estimate of drug-likeness (QED) is 0.715. The molecule has 0 aliphatic carbocycles. The van der Waals surface area contributed by atoms with Crippen LogP contribution in [0.2, 0.25) is 0 Å². The van der Waals surface area contributed by atoms with Crippen LogP contribution in [0.3, 0.4) is 0 Å². The van der Waals surface area contributed by atoms with Crippen LogP contribution in [0.5, 0.6) is 0 Å². The molecule has 0 atom stereocenters. The largest absolute Gasteiger partial charge is 0.315 e. The third kappa shape index (κ3) is 3.43. The van der Waals surface area contributed by atoms with E-state index in [0.29, 0.717) is 26.2 Å². The number of fused-ring (bicyclic) bond motifs is 1. The zero-order chi connectivity index (χ0) is 19.9. The molecule has 2 aromatic carbocycles. The van der Waals surface area contributed by atoms with E-state index in [-0.39, 0.29) is 4.90 Å². The highest BCUT2D eigenvalue weighted by Gasteiger charge is 2.32. The maximum absolute atomic E-state index is 14.0. The lowest BCUT2D eigenvalue weighted by Crippen LogP contribution is -3.14. The monoisotopic (exact) mass is 403 g/mol. The number of quaternary nitrogens is 1. The molecule has 148 valence electrons. The summed E-state index contributed by atoms with van der Waals surface area (Å²) in [6.07, 6.45) is 1.85. The Balaban J connectivity index is 1.46. The number of nitrogens with zero attached hydrogens (tertiary/aromatic N) is 3. The normalized spacial score (nSPS) is 16.7. The second kappa shape index (κ2) is 7.27. The summed E-state index contributed by atoms with van der Waals surface area (Å²) in [7, 11) is -3.80. The van der Waals surface area contributed by atoms with Crippen molar-refractivity contribution in [1.29, 1.82) is 0 Å². The zero-order valence-corrected chi connectivity index (χ0v) is 16.8. The maximum Gasteiger partial charge on any atom is 0.246 e. The van der Waals surface area contributed by atoms with Crippen molar-refractivity contribution in [2.24, 2.45) is 0 Å². The molecule has 1 saturated heterocycles. The Bertz CT molecular complexity index is 1120. The van der Waals surface area contributed by atoms with E-state index in [1.165, 1.54) is 38.5 Å². The van der Waals surface area contributed by atoms with Gasteiger partial charge in [0, 0.05) is 0 Å². The molecule has 28 heavy (non-hydrogen) atoms. The average molecular weight is 404 g/mol. The fourth-order valence-electron chi connectivity index (χ4n) is 3.67. The minimum atomic E-state index is -3.80. The van der Waals surface area contributed by atoms with E-state index in [9.17, 15) is 12.8 Å². The highest BCUT2D eigenvalue weighted by Crippen LogP contribution is 2.19. The number of aryl methyl sites for hydroxylation is 2. The number of aromatic nitrogens is 2. The molecule has 1 N–H and O–H groups in total. The van der Waals surface area contributed by atoms with Crippen molar-refractivity contribution >= 4 is 21.1 Å². The lowest BCUT2D eigenvalue weighted by molar-refractivity contribution is -0.925. The molecule has 4 rings (SSSR count). The molecular formula is C20H24FN4O2S+. The molecule has 0 bridgehead atoms. The van der Waals surface area contributed by atoms with Gasteiger partial charge in [-0.25, -0.2) is 17.8 Å². The number of rotatable bonds is 4. The molecule has 1 aromatic heterocycles. The molecule has 8 heteroatoms. The SMILES string of the molecule is Cc1cc2ncn(C[NH+]3CCN(S(=O)(=O)c4ccccc4F)CC3)c2cc1C. The smallest absolute Gasteiger partial charge is 0.246 e. The van der Waals surface area contributed by atoms with E-state index < -0.39 is 15.8 Å². The standard InChI is InChI=1S/C20H23FN4O2S/c1-15-11-18-19(12-16(15)2)24(13-22-18)14-23-7-9-25(10-8-23)28(26,27)20-6-4-3-5-17(20)21/h3-6,11-13H,7-10,14H2,1-2H3/p+1. The van der Waals surface area contributed by atoms with E-state index in [2.05, 4.69) is 35.5 Å².